The highest BCUT2D eigenvalue weighted by atomic mass is 16.5. The summed E-state index contributed by atoms with van der Waals surface area (Å²) < 4.78 is 5.94. The van der Waals surface area contributed by atoms with Crippen molar-refractivity contribution in [2.24, 2.45) is 0 Å². The number of hydrogen-bond acceptors (Lipinski definition) is 5. The molecule has 0 unspecified atom stereocenters. The molecule has 0 bridgehead atoms. The molecule has 5 rings (SSSR count). The first-order chi connectivity index (χ1) is 17.1. The lowest BCUT2D eigenvalue weighted by atomic mass is 10.2. The van der Waals surface area contributed by atoms with Gasteiger partial charge in [0.25, 0.3) is 5.91 Å². The van der Waals surface area contributed by atoms with Crippen molar-refractivity contribution in [1.82, 2.24) is 14.9 Å². The summed E-state index contributed by atoms with van der Waals surface area (Å²) >= 11 is 0. The van der Waals surface area contributed by atoms with E-state index in [4.69, 9.17) is 4.74 Å². The Balaban J connectivity index is 1.23. The molecule has 4 aromatic rings. The number of aromatic nitrogens is 2. The average Bonchev–Trinajstić information content (AvgIpc) is 3.31. The molecule has 1 saturated heterocycles. The van der Waals surface area contributed by atoms with Crippen molar-refractivity contribution in [2.75, 3.05) is 36.4 Å². The molecule has 180 valence electrons. The van der Waals surface area contributed by atoms with Gasteiger partial charge in [-0.25, -0.2) is 4.98 Å². The number of carbonyl (C=O) groups is 1. The lowest BCUT2D eigenvalue weighted by Gasteiger charge is -2.36. The van der Waals surface area contributed by atoms with Crippen LogP contribution in [-0.2, 0) is 6.61 Å². The van der Waals surface area contributed by atoms with Crippen LogP contribution in [0.1, 0.15) is 29.9 Å². The number of nitrogens with one attached hydrogen (secondary N) is 2. The van der Waals surface area contributed by atoms with Crippen LogP contribution in [0, 0.1) is 0 Å². The number of fused-ring (bicyclic) bond motifs is 1. The average molecular weight is 470 g/mol. The second-order valence-corrected chi connectivity index (χ2v) is 9.16. The quantitative estimate of drug-likeness (QED) is 0.402. The summed E-state index contributed by atoms with van der Waals surface area (Å²) in [6.07, 6.45) is 1.82. The first-order valence-electron chi connectivity index (χ1n) is 12.1. The summed E-state index contributed by atoms with van der Waals surface area (Å²) in [5.74, 6) is 1.74. The second-order valence-electron chi connectivity index (χ2n) is 9.16. The molecule has 0 aliphatic carbocycles. The highest BCUT2D eigenvalue weighted by Gasteiger charge is 2.25. The number of amides is 1. The van der Waals surface area contributed by atoms with E-state index in [1.807, 2.05) is 71.8 Å². The Hall–Kier alpha value is -4.00. The number of rotatable bonds is 7. The van der Waals surface area contributed by atoms with Crippen molar-refractivity contribution in [2.45, 2.75) is 26.5 Å². The van der Waals surface area contributed by atoms with Gasteiger partial charge in [-0.1, -0.05) is 30.3 Å². The number of benzene rings is 2. The van der Waals surface area contributed by atoms with Crippen molar-refractivity contribution >= 4 is 28.3 Å². The van der Waals surface area contributed by atoms with Crippen LogP contribution in [0.25, 0.3) is 10.9 Å². The summed E-state index contributed by atoms with van der Waals surface area (Å²) in [5.41, 5.74) is 3.65. The number of ether oxygens (including phenoxy) is 1. The number of H-pyrrole nitrogens is 1. The van der Waals surface area contributed by atoms with Crippen molar-refractivity contribution in [1.29, 1.82) is 0 Å². The van der Waals surface area contributed by atoms with E-state index in [9.17, 15) is 4.79 Å². The molecule has 2 N–H and O–H groups in total. The van der Waals surface area contributed by atoms with Gasteiger partial charge < -0.3 is 24.8 Å². The fourth-order valence-electron chi connectivity index (χ4n) is 4.42. The Morgan fingerprint density at radius 1 is 1.03 bits per heavy atom. The van der Waals surface area contributed by atoms with Gasteiger partial charge in [-0.05, 0) is 49.7 Å². The molecule has 0 spiro atoms. The Morgan fingerprint density at radius 3 is 2.60 bits per heavy atom. The van der Waals surface area contributed by atoms with Crippen LogP contribution >= 0.6 is 0 Å². The number of nitrogens with zero attached hydrogens (tertiary/aromatic N) is 3. The fraction of sp³-hybridized carbons (Fsp3) is 0.286. The Morgan fingerprint density at radius 2 is 1.83 bits per heavy atom. The van der Waals surface area contributed by atoms with Gasteiger partial charge in [0.15, 0.2) is 5.82 Å². The number of anilines is 2. The highest BCUT2D eigenvalue weighted by Crippen LogP contribution is 2.26. The van der Waals surface area contributed by atoms with Crippen LogP contribution in [0.3, 0.4) is 0 Å². The van der Waals surface area contributed by atoms with Gasteiger partial charge in [0.05, 0.1) is 5.69 Å². The predicted octanol–water partition coefficient (Wildman–Crippen LogP) is 4.92. The monoisotopic (exact) mass is 469 g/mol. The molecule has 7 heteroatoms. The molecule has 2 aromatic heterocycles. The van der Waals surface area contributed by atoms with Gasteiger partial charge in [0.2, 0.25) is 0 Å². The molecule has 0 atom stereocenters. The van der Waals surface area contributed by atoms with E-state index in [1.54, 1.807) is 0 Å². The summed E-state index contributed by atoms with van der Waals surface area (Å²) in [5, 5.41) is 4.47. The van der Waals surface area contributed by atoms with Crippen molar-refractivity contribution in [3.8, 4) is 5.75 Å². The highest BCUT2D eigenvalue weighted by molar-refractivity contribution is 5.98. The topological polar surface area (TPSA) is 73.5 Å². The summed E-state index contributed by atoms with van der Waals surface area (Å²) in [6, 6.07) is 22.2. The molecule has 35 heavy (non-hydrogen) atoms. The van der Waals surface area contributed by atoms with Gasteiger partial charge in [-0.15, -0.1) is 0 Å². The third-order valence-corrected chi connectivity index (χ3v) is 6.17. The van der Waals surface area contributed by atoms with E-state index < -0.39 is 0 Å². The largest absolute Gasteiger partial charge is 0.489 e. The molecule has 1 aliphatic heterocycles. The van der Waals surface area contributed by atoms with Gasteiger partial charge >= 0.3 is 0 Å². The molecule has 2 aromatic carbocycles. The number of hydrogen-bond donors (Lipinski definition) is 2. The third-order valence-electron chi connectivity index (χ3n) is 6.17. The zero-order valence-electron chi connectivity index (χ0n) is 20.2. The minimum Gasteiger partial charge on any atom is -0.489 e. The van der Waals surface area contributed by atoms with Crippen molar-refractivity contribution in [3.63, 3.8) is 0 Å². The smallest absolute Gasteiger partial charge is 0.270 e. The van der Waals surface area contributed by atoms with Crippen LogP contribution in [0.2, 0.25) is 0 Å². The first kappa shape index (κ1) is 22.8. The molecular weight excluding hydrogens is 438 g/mol. The maximum Gasteiger partial charge on any atom is 0.270 e. The zero-order valence-corrected chi connectivity index (χ0v) is 20.2. The number of aromatic amines is 1. The van der Waals surface area contributed by atoms with E-state index >= 15 is 0 Å². The minimum absolute atomic E-state index is 0.0224. The van der Waals surface area contributed by atoms with Gasteiger partial charge in [-0.3, -0.25) is 4.79 Å². The Bertz CT molecular complexity index is 1290. The van der Waals surface area contributed by atoms with Crippen molar-refractivity contribution < 1.29 is 9.53 Å². The Labute approximate surface area is 205 Å². The van der Waals surface area contributed by atoms with E-state index in [2.05, 4.69) is 40.1 Å². The van der Waals surface area contributed by atoms with E-state index in [-0.39, 0.29) is 5.91 Å². The summed E-state index contributed by atoms with van der Waals surface area (Å²) in [4.78, 5) is 25.3. The van der Waals surface area contributed by atoms with E-state index in [0.717, 1.165) is 46.8 Å². The van der Waals surface area contributed by atoms with Crippen LogP contribution in [0.15, 0.2) is 72.9 Å². The standard InChI is InChI=1S/C28H31N5O2/c1-20(2)30-24-9-6-12-29-27(24)32-13-15-33(16-14-32)28(34)26-17-22-10-11-23(18-25(22)31-26)35-19-21-7-4-3-5-8-21/h3-12,17-18,20,30-31H,13-16,19H2,1-2H3. The van der Waals surface area contributed by atoms with Crippen molar-refractivity contribution in [3.05, 3.63) is 84.2 Å². The summed E-state index contributed by atoms with van der Waals surface area (Å²) in [7, 11) is 0. The Kier molecular flexibility index (Phi) is 6.57. The molecule has 7 nitrogen and oxygen atoms in total. The summed E-state index contributed by atoms with van der Waals surface area (Å²) in [6.45, 7) is 7.53. The predicted molar refractivity (Wildman–Crippen MR) is 140 cm³/mol. The second kappa shape index (κ2) is 10.1. The SMILES string of the molecule is CC(C)Nc1cccnc1N1CCN(C(=O)c2cc3ccc(OCc4ccccc4)cc3[nH]2)CC1. The normalized spacial score (nSPS) is 13.9. The fourth-order valence-corrected chi connectivity index (χ4v) is 4.42. The van der Waals surface area contributed by atoms with Crippen LogP contribution < -0.4 is 15.0 Å². The first-order valence-corrected chi connectivity index (χ1v) is 12.1. The minimum atomic E-state index is 0.0224. The maximum atomic E-state index is 13.2. The molecule has 0 radical (unpaired) electrons. The van der Waals surface area contributed by atoms with E-state index in [0.29, 0.717) is 31.4 Å². The van der Waals surface area contributed by atoms with Gasteiger partial charge in [-0.2, -0.15) is 0 Å². The van der Waals surface area contributed by atoms with Crippen LogP contribution in [0.5, 0.6) is 5.75 Å². The molecular formula is C28H31N5O2. The third kappa shape index (κ3) is 5.24. The maximum absolute atomic E-state index is 13.2. The van der Waals surface area contributed by atoms with Gasteiger partial charge in [0, 0.05) is 55.4 Å². The lowest BCUT2D eigenvalue weighted by Crippen LogP contribution is -2.49. The van der Waals surface area contributed by atoms with Crippen LogP contribution in [-0.4, -0.2) is 53.0 Å². The van der Waals surface area contributed by atoms with E-state index in [1.165, 1.54) is 0 Å². The van der Waals surface area contributed by atoms with Gasteiger partial charge in [0.1, 0.15) is 18.1 Å². The molecule has 1 amide bonds. The molecule has 1 fully saturated rings. The number of carbonyl (C=O) groups excluding carboxylic acids is 1. The number of piperazine rings is 1. The molecule has 0 saturated carbocycles. The van der Waals surface area contributed by atoms with Crippen LogP contribution in [0.4, 0.5) is 11.5 Å². The molecule has 3 heterocycles. The molecule has 1 aliphatic rings. The number of pyridine rings is 1. The lowest BCUT2D eigenvalue weighted by molar-refractivity contribution is 0.0741. The zero-order chi connectivity index (χ0) is 24.2.